The van der Waals surface area contributed by atoms with Gasteiger partial charge in [0.05, 0.1) is 0 Å². The minimum atomic E-state index is -0.0448. The fourth-order valence-corrected chi connectivity index (χ4v) is 2.80. The molecule has 1 rings (SSSR count). The first-order chi connectivity index (χ1) is 10.8. The van der Waals surface area contributed by atoms with Crippen molar-refractivity contribution in [1.29, 1.82) is 0 Å². The highest BCUT2D eigenvalue weighted by Gasteiger charge is 2.11. The van der Waals surface area contributed by atoms with Crippen LogP contribution < -0.4 is 0 Å². The molecule has 0 spiro atoms. The van der Waals surface area contributed by atoms with Gasteiger partial charge in [0.2, 0.25) is 0 Å². The maximum absolute atomic E-state index is 11.9. The molecule has 0 radical (unpaired) electrons. The van der Waals surface area contributed by atoms with Gasteiger partial charge in [-0.05, 0) is 38.2 Å². The van der Waals surface area contributed by atoms with E-state index in [4.69, 9.17) is 4.74 Å². The molecule has 1 atom stereocenters. The Balaban J connectivity index is 2.49. The smallest absolute Gasteiger partial charge is 0.306 e. The van der Waals surface area contributed by atoms with Gasteiger partial charge < -0.3 is 4.74 Å². The Morgan fingerprint density at radius 3 is 2.50 bits per heavy atom. The van der Waals surface area contributed by atoms with Crippen molar-refractivity contribution in [2.24, 2.45) is 0 Å². The summed E-state index contributed by atoms with van der Waals surface area (Å²) in [6.45, 7) is 2.20. The topological polar surface area (TPSA) is 26.3 Å². The number of allylic oxidation sites excluding steroid dienone is 3. The highest BCUT2D eigenvalue weighted by atomic mass is 16.5. The molecule has 1 aliphatic heterocycles. The summed E-state index contributed by atoms with van der Waals surface area (Å²) in [7, 11) is 0. The summed E-state index contributed by atoms with van der Waals surface area (Å²) >= 11 is 0. The molecular weight excluding hydrogens is 272 g/mol. The molecule has 0 aromatic rings. The lowest BCUT2D eigenvalue weighted by molar-refractivity contribution is -0.147. The second-order valence-electron chi connectivity index (χ2n) is 6.35. The fraction of sp³-hybridized carbons (Fsp3) is 0.750. The Morgan fingerprint density at radius 1 is 1.00 bits per heavy atom. The molecule has 0 fully saturated rings. The molecule has 22 heavy (non-hydrogen) atoms. The highest BCUT2D eigenvalue weighted by Crippen LogP contribution is 2.13. The maximum atomic E-state index is 11.9. The quantitative estimate of drug-likeness (QED) is 0.462. The number of carbonyl (C=O) groups is 1. The third-order valence-corrected chi connectivity index (χ3v) is 4.20. The molecule has 0 saturated heterocycles. The summed E-state index contributed by atoms with van der Waals surface area (Å²) in [6, 6.07) is 0. The number of unbranched alkanes of at least 4 members (excludes halogenated alkanes) is 2. The van der Waals surface area contributed by atoms with E-state index >= 15 is 0 Å². The van der Waals surface area contributed by atoms with Gasteiger partial charge in [0.25, 0.3) is 0 Å². The zero-order valence-corrected chi connectivity index (χ0v) is 14.4. The van der Waals surface area contributed by atoms with Gasteiger partial charge in [0.1, 0.15) is 6.10 Å². The van der Waals surface area contributed by atoms with Crippen molar-refractivity contribution in [3.63, 3.8) is 0 Å². The van der Waals surface area contributed by atoms with Crippen molar-refractivity contribution in [3.05, 3.63) is 24.3 Å². The Kier molecular flexibility index (Phi) is 11.7. The first-order valence-electron chi connectivity index (χ1n) is 9.35. The molecule has 0 aliphatic carbocycles. The van der Waals surface area contributed by atoms with Crippen LogP contribution in [-0.4, -0.2) is 12.1 Å². The number of ether oxygens (including phenoxy) is 1. The molecule has 0 aromatic carbocycles. The average Bonchev–Trinajstić information content (AvgIpc) is 2.50. The van der Waals surface area contributed by atoms with Crippen LogP contribution in [-0.2, 0) is 9.53 Å². The van der Waals surface area contributed by atoms with Gasteiger partial charge >= 0.3 is 5.97 Å². The van der Waals surface area contributed by atoms with E-state index in [1.165, 1.54) is 44.9 Å². The van der Waals surface area contributed by atoms with Crippen LogP contribution >= 0.6 is 0 Å². The number of hydrogen-bond donors (Lipinski definition) is 0. The first kappa shape index (κ1) is 19.0. The third kappa shape index (κ3) is 10.6. The summed E-state index contributed by atoms with van der Waals surface area (Å²) in [4.78, 5) is 11.9. The largest absolute Gasteiger partial charge is 0.458 e. The molecule has 1 unspecified atom stereocenters. The van der Waals surface area contributed by atoms with E-state index in [-0.39, 0.29) is 12.1 Å². The second-order valence-corrected chi connectivity index (χ2v) is 6.35. The number of cyclic esters (lactones) is 1. The van der Waals surface area contributed by atoms with Crippen LogP contribution in [0.1, 0.15) is 90.4 Å². The standard InChI is InChI=1S/C20H34O2/c1-2-3-13-16-19-17-14-11-9-7-5-4-6-8-10-12-15-18-20(21)22-19/h9,11,14,17,19H,2-8,10,12-13,15-16,18H2,1H3/b11-9-,17-14+. The number of rotatable bonds is 4. The van der Waals surface area contributed by atoms with Gasteiger partial charge in [-0.1, -0.05) is 70.1 Å². The third-order valence-electron chi connectivity index (χ3n) is 4.20. The van der Waals surface area contributed by atoms with Gasteiger partial charge in [0, 0.05) is 6.42 Å². The molecular formula is C20H34O2. The van der Waals surface area contributed by atoms with Gasteiger partial charge in [0.15, 0.2) is 0 Å². The summed E-state index contributed by atoms with van der Waals surface area (Å²) in [5.41, 5.74) is 0. The van der Waals surface area contributed by atoms with E-state index in [2.05, 4.69) is 31.2 Å². The summed E-state index contributed by atoms with van der Waals surface area (Å²) in [5.74, 6) is -0.0257. The Morgan fingerprint density at radius 2 is 1.73 bits per heavy atom. The lowest BCUT2D eigenvalue weighted by atomic mass is 10.1. The lowest BCUT2D eigenvalue weighted by Gasteiger charge is -2.14. The normalized spacial score (nSPS) is 25.3. The highest BCUT2D eigenvalue weighted by molar-refractivity contribution is 5.69. The van der Waals surface area contributed by atoms with E-state index in [9.17, 15) is 4.79 Å². The van der Waals surface area contributed by atoms with Gasteiger partial charge in [-0.15, -0.1) is 0 Å². The number of hydrogen-bond acceptors (Lipinski definition) is 2. The van der Waals surface area contributed by atoms with Crippen LogP contribution in [0.5, 0.6) is 0 Å². The molecule has 0 N–H and O–H groups in total. The monoisotopic (exact) mass is 306 g/mol. The van der Waals surface area contributed by atoms with Crippen LogP contribution in [0.2, 0.25) is 0 Å². The van der Waals surface area contributed by atoms with E-state index in [0.29, 0.717) is 6.42 Å². The van der Waals surface area contributed by atoms with Crippen molar-refractivity contribution >= 4 is 5.97 Å². The van der Waals surface area contributed by atoms with Gasteiger partial charge in [-0.3, -0.25) is 4.79 Å². The van der Waals surface area contributed by atoms with Crippen molar-refractivity contribution in [1.82, 2.24) is 0 Å². The molecule has 0 amide bonds. The van der Waals surface area contributed by atoms with Gasteiger partial charge in [-0.2, -0.15) is 0 Å². The molecule has 2 nitrogen and oxygen atoms in total. The van der Waals surface area contributed by atoms with Crippen LogP contribution in [0.3, 0.4) is 0 Å². The fourth-order valence-electron chi connectivity index (χ4n) is 2.80. The lowest BCUT2D eigenvalue weighted by Crippen LogP contribution is -2.16. The number of esters is 1. The molecule has 0 aromatic heterocycles. The van der Waals surface area contributed by atoms with Crippen LogP contribution in [0.25, 0.3) is 0 Å². The molecule has 1 heterocycles. The van der Waals surface area contributed by atoms with Crippen LogP contribution in [0.15, 0.2) is 24.3 Å². The summed E-state index contributed by atoms with van der Waals surface area (Å²) in [6.07, 6.45) is 23.2. The Hall–Kier alpha value is -1.05. The molecule has 1 aliphatic rings. The second kappa shape index (κ2) is 13.6. The predicted octanol–water partition coefficient (Wildman–Crippen LogP) is 6.12. The zero-order valence-electron chi connectivity index (χ0n) is 14.4. The first-order valence-corrected chi connectivity index (χ1v) is 9.35. The van der Waals surface area contributed by atoms with Crippen molar-refractivity contribution < 1.29 is 9.53 Å². The van der Waals surface area contributed by atoms with E-state index in [1.807, 2.05) is 0 Å². The minimum Gasteiger partial charge on any atom is -0.458 e. The molecule has 126 valence electrons. The van der Waals surface area contributed by atoms with Crippen LogP contribution in [0, 0.1) is 0 Å². The van der Waals surface area contributed by atoms with Crippen molar-refractivity contribution in [2.45, 2.75) is 96.5 Å². The average molecular weight is 306 g/mol. The number of carbonyl (C=O) groups excluding carboxylic acids is 1. The Labute approximate surface area is 137 Å². The van der Waals surface area contributed by atoms with E-state index < -0.39 is 0 Å². The minimum absolute atomic E-state index is 0.0257. The van der Waals surface area contributed by atoms with Crippen molar-refractivity contribution in [2.75, 3.05) is 0 Å². The van der Waals surface area contributed by atoms with Gasteiger partial charge in [-0.25, -0.2) is 0 Å². The SMILES string of the molecule is CCCCCC1/C=C/C=C\CCCCCCCCCC(=O)O1. The Bertz CT molecular complexity index is 331. The molecule has 2 heteroatoms. The molecule has 0 bridgehead atoms. The van der Waals surface area contributed by atoms with Crippen LogP contribution in [0.4, 0.5) is 0 Å². The van der Waals surface area contributed by atoms with E-state index in [1.54, 1.807) is 0 Å². The maximum Gasteiger partial charge on any atom is 0.306 e. The summed E-state index contributed by atoms with van der Waals surface area (Å²) in [5, 5.41) is 0. The molecule has 0 saturated carbocycles. The summed E-state index contributed by atoms with van der Waals surface area (Å²) < 4.78 is 5.64. The van der Waals surface area contributed by atoms with E-state index in [0.717, 1.165) is 32.1 Å². The predicted molar refractivity (Wildman–Crippen MR) is 93.9 cm³/mol. The zero-order chi connectivity index (χ0) is 15.9. The van der Waals surface area contributed by atoms with Crippen molar-refractivity contribution in [3.8, 4) is 0 Å².